The molecule has 4 atom stereocenters. The number of amides is 3. The molecule has 4 rings (SSSR count). The number of nitrogens with one attached hydrogen (secondary N) is 2. The molecule has 0 radical (unpaired) electrons. The minimum absolute atomic E-state index is 0.0536. The average molecular weight is 342 g/mol. The minimum atomic E-state index is -0.542. The lowest BCUT2D eigenvalue weighted by atomic mass is 9.92. The average Bonchev–Trinajstić information content (AvgIpc) is 2.91. The number of nitrogens with zero attached hydrogens (tertiary/aromatic N) is 2. The molecular formula is C14H22N4O4S. The van der Waals surface area contributed by atoms with E-state index in [1.165, 1.54) is 0 Å². The molecule has 3 heterocycles. The van der Waals surface area contributed by atoms with Crippen LogP contribution in [0.25, 0.3) is 0 Å². The van der Waals surface area contributed by atoms with Crippen molar-refractivity contribution in [2.75, 3.05) is 19.6 Å². The molecule has 4 bridgehead atoms. The van der Waals surface area contributed by atoms with Crippen molar-refractivity contribution in [3.8, 4) is 0 Å². The first-order valence-electron chi connectivity index (χ1n) is 8.29. The van der Waals surface area contributed by atoms with Crippen LogP contribution in [0.1, 0.15) is 25.7 Å². The third kappa shape index (κ3) is 2.54. The van der Waals surface area contributed by atoms with Crippen molar-refractivity contribution >= 4 is 23.9 Å². The molecule has 3 amide bonds. The molecule has 3 aliphatic heterocycles. The van der Waals surface area contributed by atoms with Gasteiger partial charge in [-0.05, 0) is 50.6 Å². The number of hydrogen-bond acceptors (Lipinski definition) is 5. The van der Waals surface area contributed by atoms with Gasteiger partial charge in [-0.1, -0.05) is 0 Å². The highest BCUT2D eigenvalue weighted by molar-refractivity contribution is 7.60. The third-order valence-electron chi connectivity index (χ3n) is 5.79. The van der Waals surface area contributed by atoms with Gasteiger partial charge in [0.2, 0.25) is 5.91 Å². The van der Waals surface area contributed by atoms with E-state index in [9.17, 15) is 13.8 Å². The van der Waals surface area contributed by atoms with Crippen molar-refractivity contribution in [2.45, 2.75) is 43.8 Å². The first-order chi connectivity index (χ1) is 11.2. The van der Waals surface area contributed by atoms with Gasteiger partial charge in [-0.2, -0.15) is 9.35 Å². The van der Waals surface area contributed by atoms with E-state index in [2.05, 4.69) is 10.6 Å². The summed E-state index contributed by atoms with van der Waals surface area (Å²) in [7, 11) is 0. The molecule has 0 aromatic rings. The molecule has 0 spiro atoms. The zero-order valence-electron chi connectivity index (χ0n) is 12.8. The van der Waals surface area contributed by atoms with Crippen LogP contribution in [0.2, 0.25) is 0 Å². The van der Waals surface area contributed by atoms with Gasteiger partial charge in [0.1, 0.15) is 6.04 Å². The van der Waals surface area contributed by atoms with Crippen molar-refractivity contribution in [1.29, 1.82) is 0 Å². The molecule has 4 fully saturated rings. The fourth-order valence-electron chi connectivity index (χ4n) is 4.63. The van der Waals surface area contributed by atoms with Crippen molar-refractivity contribution in [3.63, 3.8) is 0 Å². The Labute approximate surface area is 138 Å². The fraction of sp³-hybridized carbons (Fsp3) is 0.857. The number of carbonyl (C=O) groups excluding carboxylic acids is 2. The second kappa shape index (κ2) is 6.03. The highest BCUT2D eigenvalue weighted by Crippen LogP contribution is 2.35. The van der Waals surface area contributed by atoms with Gasteiger partial charge in [0.15, 0.2) is 11.9 Å². The van der Waals surface area contributed by atoms with Crippen LogP contribution in [-0.2, 0) is 21.0 Å². The SMILES string of the molecule is O=[SH]ON1C(=O)N2CC1CCC2C(=O)NC1C2CCC1CNC2. The van der Waals surface area contributed by atoms with Crippen LogP contribution in [0.5, 0.6) is 0 Å². The Bertz CT molecular complexity index is 517. The third-order valence-corrected chi connectivity index (χ3v) is 6.04. The number of piperidine rings is 2. The number of hydroxylamine groups is 2. The molecule has 8 nitrogen and oxygen atoms in total. The van der Waals surface area contributed by atoms with Crippen LogP contribution in [-0.4, -0.2) is 63.9 Å². The molecule has 9 heteroatoms. The summed E-state index contributed by atoms with van der Waals surface area (Å²) in [4.78, 5) is 26.6. The summed E-state index contributed by atoms with van der Waals surface area (Å²) in [6, 6.07) is -0.677. The second-order valence-corrected chi connectivity index (χ2v) is 7.27. The number of rotatable bonds is 4. The van der Waals surface area contributed by atoms with Crippen molar-refractivity contribution in [3.05, 3.63) is 0 Å². The molecule has 1 saturated carbocycles. The van der Waals surface area contributed by atoms with Crippen molar-refractivity contribution < 1.29 is 18.1 Å². The van der Waals surface area contributed by atoms with E-state index in [0.717, 1.165) is 31.0 Å². The van der Waals surface area contributed by atoms with Gasteiger partial charge < -0.3 is 15.5 Å². The Morgan fingerprint density at radius 1 is 1.22 bits per heavy atom. The summed E-state index contributed by atoms with van der Waals surface area (Å²) >= 11 is -0.542. The number of carbonyl (C=O) groups is 2. The maximum Gasteiger partial charge on any atom is 0.346 e. The molecule has 23 heavy (non-hydrogen) atoms. The van der Waals surface area contributed by atoms with Crippen molar-refractivity contribution in [1.82, 2.24) is 20.6 Å². The predicted molar refractivity (Wildman–Crippen MR) is 82.4 cm³/mol. The van der Waals surface area contributed by atoms with Crippen LogP contribution in [0.3, 0.4) is 0 Å². The predicted octanol–water partition coefficient (Wildman–Crippen LogP) is -0.839. The number of thiol groups is 1. The molecule has 128 valence electrons. The second-order valence-electron chi connectivity index (χ2n) is 6.95. The van der Waals surface area contributed by atoms with E-state index in [4.69, 9.17) is 4.28 Å². The van der Waals surface area contributed by atoms with E-state index in [1.54, 1.807) is 4.90 Å². The smallest absolute Gasteiger partial charge is 0.346 e. The lowest BCUT2D eigenvalue weighted by molar-refractivity contribution is -0.127. The monoisotopic (exact) mass is 342 g/mol. The van der Waals surface area contributed by atoms with E-state index < -0.39 is 18.0 Å². The van der Waals surface area contributed by atoms with Crippen LogP contribution in [0.4, 0.5) is 4.79 Å². The lowest BCUT2D eigenvalue weighted by Crippen LogP contribution is -2.57. The summed E-state index contributed by atoms with van der Waals surface area (Å²) in [5, 5.41) is 7.77. The Morgan fingerprint density at radius 3 is 2.65 bits per heavy atom. The Morgan fingerprint density at radius 2 is 1.96 bits per heavy atom. The molecule has 1 aliphatic carbocycles. The Balaban J connectivity index is 1.43. The standard InChI is InChI=1S/C14H22N4O4S/c19-13(16-12-8-1-2-9(12)6-15-5-8)11-4-3-10-7-17(11)14(20)18(10)22-23-21/h8-12,15,23H,1-7H2,(H,16,19). The highest BCUT2D eigenvalue weighted by Gasteiger charge is 2.49. The number of hydrogen-bond donors (Lipinski definition) is 3. The van der Waals surface area contributed by atoms with Gasteiger partial charge in [-0.3, -0.25) is 4.79 Å². The Kier molecular flexibility index (Phi) is 4.02. The molecule has 4 aliphatic rings. The largest absolute Gasteiger partial charge is 0.351 e. The molecule has 0 aromatic carbocycles. The van der Waals surface area contributed by atoms with E-state index >= 15 is 0 Å². The molecule has 3 saturated heterocycles. The first-order valence-corrected chi connectivity index (χ1v) is 9.02. The first kappa shape index (κ1) is 15.3. The molecule has 2 N–H and O–H groups in total. The van der Waals surface area contributed by atoms with Gasteiger partial charge in [-0.15, -0.1) is 0 Å². The minimum Gasteiger partial charge on any atom is -0.351 e. The van der Waals surface area contributed by atoms with Crippen molar-refractivity contribution in [2.24, 2.45) is 11.8 Å². The van der Waals surface area contributed by atoms with Crippen LogP contribution >= 0.6 is 0 Å². The topological polar surface area (TPSA) is 91.0 Å². The number of urea groups is 1. The van der Waals surface area contributed by atoms with E-state index in [1.807, 2.05) is 0 Å². The summed E-state index contributed by atoms with van der Waals surface area (Å²) in [6.07, 6.45) is 3.62. The zero-order chi connectivity index (χ0) is 16.0. The summed E-state index contributed by atoms with van der Waals surface area (Å²) < 4.78 is 15.5. The summed E-state index contributed by atoms with van der Waals surface area (Å²) in [5.41, 5.74) is 0. The number of fused-ring (bicyclic) bond motifs is 4. The van der Waals surface area contributed by atoms with Crippen LogP contribution in [0, 0.1) is 11.8 Å². The Hall–Kier alpha value is -1.19. The normalized spacial score (nSPS) is 39.0. The highest BCUT2D eigenvalue weighted by atomic mass is 32.2. The van der Waals surface area contributed by atoms with Gasteiger partial charge >= 0.3 is 6.03 Å². The van der Waals surface area contributed by atoms with E-state index in [-0.39, 0.29) is 24.0 Å². The maximum absolute atomic E-state index is 12.7. The molecular weight excluding hydrogens is 320 g/mol. The van der Waals surface area contributed by atoms with Gasteiger partial charge in [0, 0.05) is 12.6 Å². The van der Waals surface area contributed by atoms with Gasteiger partial charge in [-0.25, -0.2) is 9.00 Å². The van der Waals surface area contributed by atoms with Crippen LogP contribution in [0.15, 0.2) is 0 Å². The summed E-state index contributed by atoms with van der Waals surface area (Å²) in [6.45, 7) is 2.38. The molecule has 4 unspecified atom stereocenters. The van der Waals surface area contributed by atoms with E-state index in [0.29, 0.717) is 31.2 Å². The quantitative estimate of drug-likeness (QED) is 0.580. The maximum atomic E-state index is 12.7. The van der Waals surface area contributed by atoms with Crippen LogP contribution < -0.4 is 10.6 Å². The fourth-order valence-corrected chi connectivity index (χ4v) is 4.90. The van der Waals surface area contributed by atoms with Gasteiger partial charge in [0.05, 0.1) is 6.04 Å². The van der Waals surface area contributed by atoms with Gasteiger partial charge in [0.25, 0.3) is 0 Å². The summed E-state index contributed by atoms with van der Waals surface area (Å²) in [5.74, 6) is 0.951. The zero-order valence-corrected chi connectivity index (χ0v) is 13.7. The lowest BCUT2D eigenvalue weighted by Gasteiger charge is -2.35. The molecule has 0 aromatic heterocycles.